The van der Waals surface area contributed by atoms with E-state index >= 15 is 0 Å². The lowest BCUT2D eigenvalue weighted by Crippen LogP contribution is -2.42. The Labute approximate surface area is 295 Å². The third-order valence-electron chi connectivity index (χ3n) is 10.1. The minimum absolute atomic E-state index is 0.0110. The molecule has 3 heterocycles. The van der Waals surface area contributed by atoms with Crippen molar-refractivity contribution >= 4 is 29.7 Å². The van der Waals surface area contributed by atoms with Gasteiger partial charge >= 0.3 is 5.97 Å². The zero-order valence-corrected chi connectivity index (χ0v) is 29.0. The summed E-state index contributed by atoms with van der Waals surface area (Å²) in [5.41, 5.74) is 1.60. The number of aldehydes is 1. The van der Waals surface area contributed by atoms with E-state index in [1.54, 1.807) is 13.8 Å². The molecule has 4 aliphatic rings. The number of Topliss-reactive ketones (excluding diaryl/α,β-unsaturated/α-hetero) is 1. The SMILES string of the molecule is CCOC(=O)C1=C(C=O)C(=C2CCC(=O)C(c3ccc4c(c3)=CCN=4)C2)c2c(OCCCO)c3c(c(CO)c2O1)OC(C(C)(O)CCCCO)C3. The van der Waals surface area contributed by atoms with Gasteiger partial charge in [0.25, 0.3) is 0 Å². The van der Waals surface area contributed by atoms with Gasteiger partial charge in [0, 0.05) is 49.5 Å². The van der Waals surface area contributed by atoms with Gasteiger partial charge in [-0.25, -0.2) is 4.79 Å². The van der Waals surface area contributed by atoms with E-state index in [0.717, 1.165) is 21.7 Å². The summed E-state index contributed by atoms with van der Waals surface area (Å²) < 4.78 is 24.4. The summed E-state index contributed by atoms with van der Waals surface area (Å²) >= 11 is 0. The molecule has 1 aliphatic carbocycles. The van der Waals surface area contributed by atoms with Crippen LogP contribution in [-0.4, -0.2) is 83.1 Å². The molecule has 1 fully saturated rings. The topological polar surface area (TPSA) is 181 Å². The zero-order valence-electron chi connectivity index (χ0n) is 29.0. The third-order valence-corrected chi connectivity index (χ3v) is 10.1. The van der Waals surface area contributed by atoms with Crippen molar-refractivity contribution in [2.24, 2.45) is 4.99 Å². The van der Waals surface area contributed by atoms with Crippen molar-refractivity contribution in [2.45, 2.75) is 89.4 Å². The van der Waals surface area contributed by atoms with Gasteiger partial charge in [-0.05, 0) is 68.9 Å². The fourth-order valence-electron chi connectivity index (χ4n) is 7.49. The number of carbonyl (C=O) groups excluding carboxylic acids is 3. The summed E-state index contributed by atoms with van der Waals surface area (Å²) in [6, 6.07) is 5.78. The van der Waals surface area contributed by atoms with Gasteiger partial charge in [0.1, 0.15) is 29.1 Å². The molecule has 272 valence electrons. The number of ether oxygens (including phenoxy) is 4. The van der Waals surface area contributed by atoms with Crippen LogP contribution in [0.2, 0.25) is 0 Å². The molecule has 3 aliphatic heterocycles. The largest absolute Gasteiger partial charge is 0.492 e. The van der Waals surface area contributed by atoms with E-state index in [4.69, 9.17) is 18.9 Å². The Morgan fingerprint density at radius 3 is 2.63 bits per heavy atom. The average Bonchev–Trinajstić information content (AvgIpc) is 3.79. The number of benzene rings is 2. The van der Waals surface area contributed by atoms with Crippen molar-refractivity contribution in [3.05, 3.63) is 67.9 Å². The van der Waals surface area contributed by atoms with Crippen molar-refractivity contribution in [1.82, 2.24) is 0 Å². The number of hydrogen-bond donors (Lipinski definition) is 4. The van der Waals surface area contributed by atoms with Crippen molar-refractivity contribution in [1.29, 1.82) is 0 Å². The summed E-state index contributed by atoms with van der Waals surface area (Å²) in [7, 11) is 0. The summed E-state index contributed by atoms with van der Waals surface area (Å²) in [6.07, 6.45) is 4.37. The highest BCUT2D eigenvalue weighted by Gasteiger charge is 2.46. The Bertz CT molecular complexity index is 1910. The maximum Gasteiger partial charge on any atom is 0.375 e. The molecular formula is C39H45NO11. The second-order valence-electron chi connectivity index (χ2n) is 13.5. The van der Waals surface area contributed by atoms with Crippen LogP contribution in [0.4, 0.5) is 0 Å². The van der Waals surface area contributed by atoms with Crippen LogP contribution in [0.15, 0.2) is 40.1 Å². The lowest BCUT2D eigenvalue weighted by Gasteiger charge is -2.32. The number of unbranched alkanes of at least 4 members (excludes halogenated alkanes) is 1. The number of allylic oxidation sites excluding steroid dienone is 3. The van der Waals surface area contributed by atoms with E-state index in [0.29, 0.717) is 55.2 Å². The van der Waals surface area contributed by atoms with Crippen LogP contribution in [0.5, 0.6) is 17.2 Å². The molecule has 1 saturated carbocycles. The number of hydrogen-bond acceptors (Lipinski definition) is 12. The number of fused-ring (bicyclic) bond motifs is 3. The lowest BCUT2D eigenvalue weighted by atomic mass is 9.75. The first-order valence-electron chi connectivity index (χ1n) is 17.7. The standard InChI is InChI=1S/C39H45NO11/c1-3-48-38(46)37-27(20-43)32(24-8-10-30(45)25(18-24)22-7-9-29-23(17-22)11-13-40-29)33-35(49-16-6-15-42)26-19-31(39(2,47)12-4-5-14-41)50-34(26)28(21-44)36(33)51-37/h7,9,11,17,20,25,31,41-42,44,47H,3-6,8,10,12-16,18-19,21H2,1-2H3. The minimum atomic E-state index is -1.33. The Hall–Kier alpha value is -4.36. The number of ketones is 1. The van der Waals surface area contributed by atoms with E-state index in [2.05, 4.69) is 4.99 Å². The van der Waals surface area contributed by atoms with E-state index in [-0.39, 0.29) is 92.0 Å². The predicted molar refractivity (Wildman–Crippen MR) is 185 cm³/mol. The molecular weight excluding hydrogens is 658 g/mol. The molecule has 6 rings (SSSR count). The maximum atomic E-state index is 13.5. The van der Waals surface area contributed by atoms with E-state index in [1.807, 2.05) is 24.3 Å². The van der Waals surface area contributed by atoms with Gasteiger partial charge in [0.2, 0.25) is 5.76 Å². The van der Waals surface area contributed by atoms with Gasteiger partial charge in [0.05, 0.1) is 54.0 Å². The van der Waals surface area contributed by atoms with Gasteiger partial charge < -0.3 is 39.4 Å². The highest BCUT2D eigenvalue weighted by Crippen LogP contribution is 2.56. The Kier molecular flexibility index (Phi) is 11.1. The van der Waals surface area contributed by atoms with E-state index < -0.39 is 30.2 Å². The molecule has 2 aromatic carbocycles. The molecule has 0 saturated heterocycles. The molecule has 4 N–H and O–H groups in total. The molecule has 51 heavy (non-hydrogen) atoms. The molecule has 2 aromatic rings. The summed E-state index contributed by atoms with van der Waals surface area (Å²) in [4.78, 5) is 44.5. The van der Waals surface area contributed by atoms with E-state index in [9.17, 15) is 34.8 Å². The molecule has 0 radical (unpaired) electrons. The van der Waals surface area contributed by atoms with Crippen molar-refractivity contribution in [3.63, 3.8) is 0 Å². The molecule has 12 heteroatoms. The lowest BCUT2D eigenvalue weighted by molar-refractivity contribution is -0.141. The van der Waals surface area contributed by atoms with Gasteiger partial charge in [-0.15, -0.1) is 0 Å². The third kappa shape index (κ3) is 6.97. The molecule has 12 nitrogen and oxygen atoms in total. The Morgan fingerprint density at radius 2 is 1.90 bits per heavy atom. The molecule has 3 atom stereocenters. The number of aliphatic hydroxyl groups excluding tert-OH is 3. The predicted octanol–water partition coefficient (Wildman–Crippen LogP) is 2.27. The van der Waals surface area contributed by atoms with Crippen LogP contribution in [0.1, 0.15) is 87.0 Å². The zero-order chi connectivity index (χ0) is 36.3. The fraction of sp³-hybridized carbons (Fsp3) is 0.487. The second-order valence-corrected chi connectivity index (χ2v) is 13.5. The first-order chi connectivity index (χ1) is 24.7. The first-order valence-corrected chi connectivity index (χ1v) is 17.7. The van der Waals surface area contributed by atoms with Crippen LogP contribution in [0.3, 0.4) is 0 Å². The smallest absolute Gasteiger partial charge is 0.375 e. The van der Waals surface area contributed by atoms with Gasteiger partial charge in [0.15, 0.2) is 6.29 Å². The fourth-order valence-corrected chi connectivity index (χ4v) is 7.49. The molecule has 0 aromatic heterocycles. The maximum absolute atomic E-state index is 13.5. The van der Waals surface area contributed by atoms with Crippen LogP contribution in [0.25, 0.3) is 11.6 Å². The molecule has 0 spiro atoms. The highest BCUT2D eigenvalue weighted by atomic mass is 16.6. The van der Waals surface area contributed by atoms with Crippen LogP contribution in [-0.2, 0) is 32.1 Å². The number of aliphatic hydroxyl groups is 4. The number of esters is 1. The Balaban J connectivity index is 1.57. The first kappa shape index (κ1) is 36.4. The second kappa shape index (κ2) is 15.5. The van der Waals surface area contributed by atoms with Crippen LogP contribution >= 0.6 is 0 Å². The van der Waals surface area contributed by atoms with Gasteiger partial charge in [-0.1, -0.05) is 17.7 Å². The molecule has 0 bridgehead atoms. The van der Waals surface area contributed by atoms with E-state index in [1.165, 1.54) is 0 Å². The Morgan fingerprint density at radius 1 is 1.10 bits per heavy atom. The average molecular weight is 704 g/mol. The van der Waals surface area contributed by atoms with Crippen LogP contribution < -0.4 is 24.8 Å². The summed E-state index contributed by atoms with van der Waals surface area (Å²) in [5.74, 6) is -1.14. The number of carbonyl (C=O) groups is 3. The monoisotopic (exact) mass is 703 g/mol. The number of rotatable bonds is 14. The molecule has 3 unspecified atom stereocenters. The minimum Gasteiger partial charge on any atom is -0.492 e. The van der Waals surface area contributed by atoms with Crippen molar-refractivity contribution in [2.75, 3.05) is 33.0 Å². The summed E-state index contributed by atoms with van der Waals surface area (Å²) in [6.45, 7) is 3.22. The highest BCUT2D eigenvalue weighted by molar-refractivity contribution is 6.11. The van der Waals surface area contributed by atoms with Gasteiger partial charge in [-0.3, -0.25) is 14.6 Å². The van der Waals surface area contributed by atoms with Crippen molar-refractivity contribution < 1.29 is 53.8 Å². The van der Waals surface area contributed by atoms with Crippen molar-refractivity contribution in [3.8, 4) is 17.2 Å². The van der Waals surface area contributed by atoms with Gasteiger partial charge in [-0.2, -0.15) is 0 Å². The normalized spacial score (nSPS) is 21.7. The van der Waals surface area contributed by atoms with Crippen LogP contribution in [0, 0.1) is 0 Å². The molecule has 0 amide bonds. The summed E-state index contributed by atoms with van der Waals surface area (Å²) in [5, 5.41) is 43.2. The number of nitrogens with zero attached hydrogens (tertiary/aromatic N) is 1. The quantitative estimate of drug-likeness (QED) is 0.129.